The van der Waals surface area contributed by atoms with E-state index in [0.29, 0.717) is 12.6 Å². The van der Waals surface area contributed by atoms with Gasteiger partial charge in [0, 0.05) is 19.3 Å². The van der Waals surface area contributed by atoms with Gasteiger partial charge in [-0.3, -0.25) is 0 Å². The van der Waals surface area contributed by atoms with Crippen molar-refractivity contribution >= 4 is 5.69 Å². The van der Waals surface area contributed by atoms with Crippen LogP contribution in [0.3, 0.4) is 0 Å². The third kappa shape index (κ3) is 4.67. The van der Waals surface area contributed by atoms with Crippen molar-refractivity contribution in [3.05, 3.63) is 29.3 Å². The van der Waals surface area contributed by atoms with E-state index < -0.39 is 0 Å². The van der Waals surface area contributed by atoms with Gasteiger partial charge in [0.1, 0.15) is 0 Å². The second-order valence-corrected chi connectivity index (χ2v) is 4.99. The van der Waals surface area contributed by atoms with Crippen molar-refractivity contribution in [1.82, 2.24) is 0 Å². The molecule has 0 radical (unpaired) electrons. The molecule has 3 nitrogen and oxygen atoms in total. The van der Waals surface area contributed by atoms with E-state index in [-0.39, 0.29) is 0 Å². The van der Waals surface area contributed by atoms with Gasteiger partial charge < -0.3 is 15.4 Å². The van der Waals surface area contributed by atoms with E-state index in [4.69, 9.17) is 10.5 Å². The highest BCUT2D eigenvalue weighted by Gasteiger charge is 2.04. The van der Waals surface area contributed by atoms with E-state index in [1.54, 1.807) is 0 Å². The first-order valence-electron chi connectivity index (χ1n) is 6.67. The molecule has 102 valence electrons. The molecule has 0 saturated carbocycles. The molecule has 1 rings (SSSR count). The third-order valence-corrected chi connectivity index (χ3v) is 3.06. The Hall–Kier alpha value is -1.06. The van der Waals surface area contributed by atoms with E-state index in [9.17, 15) is 0 Å². The second kappa shape index (κ2) is 7.39. The molecule has 0 aliphatic rings. The van der Waals surface area contributed by atoms with Crippen molar-refractivity contribution in [3.63, 3.8) is 0 Å². The molecular weight excluding hydrogens is 224 g/mol. The molecule has 0 heterocycles. The third-order valence-electron chi connectivity index (χ3n) is 3.06. The highest BCUT2D eigenvalue weighted by atomic mass is 16.5. The Balaban J connectivity index is 2.57. The van der Waals surface area contributed by atoms with Crippen LogP contribution in [0.1, 0.15) is 25.0 Å². The first kappa shape index (κ1) is 15.0. The van der Waals surface area contributed by atoms with Crippen LogP contribution in [0.25, 0.3) is 0 Å². The van der Waals surface area contributed by atoms with Gasteiger partial charge in [0.15, 0.2) is 0 Å². The summed E-state index contributed by atoms with van der Waals surface area (Å²) in [4.78, 5) is 2.22. The SMILES string of the molecule is Cc1cc(N(C)CCOC(C)C)ccc1CCN. The molecule has 0 bridgehead atoms. The van der Waals surface area contributed by atoms with E-state index in [1.165, 1.54) is 16.8 Å². The lowest BCUT2D eigenvalue weighted by Crippen LogP contribution is -2.24. The number of aryl methyl sites for hydroxylation is 1. The lowest BCUT2D eigenvalue weighted by Gasteiger charge is -2.21. The molecule has 0 spiro atoms. The number of rotatable bonds is 7. The Morgan fingerprint density at radius 2 is 2.06 bits per heavy atom. The summed E-state index contributed by atoms with van der Waals surface area (Å²) < 4.78 is 5.57. The van der Waals surface area contributed by atoms with Crippen LogP contribution in [0.4, 0.5) is 5.69 Å². The molecule has 0 amide bonds. The summed E-state index contributed by atoms with van der Waals surface area (Å²) in [7, 11) is 2.10. The van der Waals surface area contributed by atoms with Crippen molar-refractivity contribution in [3.8, 4) is 0 Å². The number of anilines is 1. The maximum Gasteiger partial charge on any atom is 0.0644 e. The number of nitrogens with two attached hydrogens (primary N) is 1. The predicted molar refractivity (Wildman–Crippen MR) is 78.3 cm³/mol. The fourth-order valence-corrected chi connectivity index (χ4v) is 1.91. The maximum atomic E-state index is 5.59. The van der Waals surface area contributed by atoms with Crippen LogP contribution in [0.2, 0.25) is 0 Å². The number of hydrogen-bond acceptors (Lipinski definition) is 3. The summed E-state index contributed by atoms with van der Waals surface area (Å²) >= 11 is 0. The van der Waals surface area contributed by atoms with Gasteiger partial charge in [0.05, 0.1) is 12.7 Å². The number of benzene rings is 1. The summed E-state index contributed by atoms with van der Waals surface area (Å²) in [6.45, 7) is 8.65. The van der Waals surface area contributed by atoms with E-state index in [2.05, 4.69) is 50.9 Å². The van der Waals surface area contributed by atoms with Crippen molar-refractivity contribution < 1.29 is 4.74 Å². The molecule has 0 aromatic heterocycles. The summed E-state index contributed by atoms with van der Waals surface area (Å²) in [5, 5.41) is 0. The molecule has 2 N–H and O–H groups in total. The Kier molecular flexibility index (Phi) is 6.16. The zero-order valence-corrected chi connectivity index (χ0v) is 12.1. The molecule has 0 unspecified atom stereocenters. The van der Waals surface area contributed by atoms with Gasteiger partial charge in [0.2, 0.25) is 0 Å². The lowest BCUT2D eigenvalue weighted by molar-refractivity contribution is 0.0846. The molecule has 0 atom stereocenters. The van der Waals surface area contributed by atoms with Crippen molar-refractivity contribution in [1.29, 1.82) is 0 Å². The molecular formula is C15H26N2O. The summed E-state index contributed by atoms with van der Waals surface area (Å²) in [5.41, 5.74) is 9.49. The Morgan fingerprint density at radius 1 is 1.33 bits per heavy atom. The van der Waals surface area contributed by atoms with Crippen LogP contribution in [-0.2, 0) is 11.2 Å². The summed E-state index contributed by atoms with van der Waals surface area (Å²) in [6.07, 6.45) is 1.25. The van der Waals surface area contributed by atoms with Crippen LogP contribution in [-0.4, -0.2) is 32.8 Å². The van der Waals surface area contributed by atoms with E-state index in [0.717, 1.165) is 19.6 Å². The Labute approximate surface area is 111 Å². The van der Waals surface area contributed by atoms with Crippen LogP contribution in [0.5, 0.6) is 0 Å². The van der Waals surface area contributed by atoms with Crippen LogP contribution in [0.15, 0.2) is 18.2 Å². The minimum absolute atomic E-state index is 0.298. The van der Waals surface area contributed by atoms with Crippen LogP contribution < -0.4 is 10.6 Å². The molecule has 0 aliphatic heterocycles. The van der Waals surface area contributed by atoms with Gasteiger partial charge in [-0.15, -0.1) is 0 Å². The largest absolute Gasteiger partial charge is 0.377 e. The highest BCUT2D eigenvalue weighted by Crippen LogP contribution is 2.18. The zero-order valence-electron chi connectivity index (χ0n) is 12.1. The summed E-state index contributed by atoms with van der Waals surface area (Å²) in [5.74, 6) is 0. The first-order chi connectivity index (χ1) is 8.54. The van der Waals surface area contributed by atoms with Gasteiger partial charge in [0.25, 0.3) is 0 Å². The molecule has 18 heavy (non-hydrogen) atoms. The Morgan fingerprint density at radius 3 is 2.61 bits per heavy atom. The fraction of sp³-hybridized carbons (Fsp3) is 0.600. The van der Waals surface area contributed by atoms with Crippen molar-refractivity contribution in [2.24, 2.45) is 5.73 Å². The van der Waals surface area contributed by atoms with E-state index in [1.807, 2.05) is 0 Å². The van der Waals surface area contributed by atoms with Crippen molar-refractivity contribution in [2.75, 3.05) is 31.6 Å². The monoisotopic (exact) mass is 250 g/mol. The van der Waals surface area contributed by atoms with Crippen LogP contribution >= 0.6 is 0 Å². The lowest BCUT2D eigenvalue weighted by atomic mass is 10.0. The quantitative estimate of drug-likeness (QED) is 0.807. The fourth-order valence-electron chi connectivity index (χ4n) is 1.91. The molecule has 0 aliphatic carbocycles. The standard InChI is InChI=1S/C15H26N2O/c1-12(2)18-10-9-17(4)15-6-5-14(7-8-16)13(3)11-15/h5-6,11-12H,7-10,16H2,1-4H3. The molecule has 0 fully saturated rings. The smallest absolute Gasteiger partial charge is 0.0644 e. The topological polar surface area (TPSA) is 38.5 Å². The Bertz CT molecular complexity index is 364. The molecule has 3 heteroatoms. The number of ether oxygens (including phenoxy) is 1. The average Bonchev–Trinajstić information content (AvgIpc) is 2.31. The highest BCUT2D eigenvalue weighted by molar-refractivity contribution is 5.50. The van der Waals surface area contributed by atoms with Gasteiger partial charge in [-0.05, 0) is 57.0 Å². The minimum atomic E-state index is 0.298. The second-order valence-electron chi connectivity index (χ2n) is 4.99. The number of nitrogens with zero attached hydrogens (tertiary/aromatic N) is 1. The average molecular weight is 250 g/mol. The van der Waals surface area contributed by atoms with Gasteiger partial charge in [-0.2, -0.15) is 0 Å². The van der Waals surface area contributed by atoms with Gasteiger partial charge in [-0.1, -0.05) is 6.07 Å². The minimum Gasteiger partial charge on any atom is -0.377 e. The van der Waals surface area contributed by atoms with E-state index >= 15 is 0 Å². The predicted octanol–water partition coefficient (Wildman–Crippen LogP) is 2.36. The summed E-state index contributed by atoms with van der Waals surface area (Å²) in [6, 6.07) is 6.56. The van der Waals surface area contributed by atoms with Crippen LogP contribution in [0, 0.1) is 6.92 Å². The van der Waals surface area contributed by atoms with Crippen molar-refractivity contribution in [2.45, 2.75) is 33.3 Å². The number of likely N-dealkylation sites (N-methyl/N-ethyl adjacent to an activating group) is 1. The molecule has 1 aromatic rings. The first-order valence-corrected chi connectivity index (χ1v) is 6.67. The normalized spacial score (nSPS) is 11.0. The maximum absolute atomic E-state index is 5.59. The van der Waals surface area contributed by atoms with Gasteiger partial charge >= 0.3 is 0 Å². The van der Waals surface area contributed by atoms with Gasteiger partial charge in [-0.25, -0.2) is 0 Å². The molecule has 0 saturated heterocycles. The zero-order chi connectivity index (χ0) is 13.5. The molecule has 1 aromatic carbocycles. The number of hydrogen-bond donors (Lipinski definition) is 1.